The summed E-state index contributed by atoms with van der Waals surface area (Å²) in [4.78, 5) is 41.7. The number of piperidine rings is 2. The quantitative estimate of drug-likeness (QED) is 0.390. The van der Waals surface area contributed by atoms with Crippen molar-refractivity contribution in [2.45, 2.75) is 70.5 Å². The zero-order chi connectivity index (χ0) is 30.9. The van der Waals surface area contributed by atoms with Crippen molar-refractivity contribution in [1.82, 2.24) is 20.4 Å². The molecular formula is C36H43ClN4O3. The molecule has 0 spiro atoms. The lowest BCUT2D eigenvalue weighted by Gasteiger charge is -2.34. The summed E-state index contributed by atoms with van der Waals surface area (Å²) < 4.78 is 0. The van der Waals surface area contributed by atoms with Gasteiger partial charge in [0.2, 0.25) is 17.7 Å². The van der Waals surface area contributed by atoms with Crippen molar-refractivity contribution >= 4 is 29.3 Å². The van der Waals surface area contributed by atoms with Crippen molar-refractivity contribution in [2.75, 3.05) is 26.2 Å². The smallest absolute Gasteiger partial charge is 0.241 e. The summed E-state index contributed by atoms with van der Waals surface area (Å²) in [7, 11) is 0. The van der Waals surface area contributed by atoms with Crippen LogP contribution < -0.4 is 10.6 Å². The summed E-state index contributed by atoms with van der Waals surface area (Å²) in [6.45, 7) is 5.64. The molecular weight excluding hydrogens is 572 g/mol. The number of hydrogen-bond donors (Lipinski definition) is 2. The average Bonchev–Trinajstić information content (AvgIpc) is 3.06. The van der Waals surface area contributed by atoms with Crippen molar-refractivity contribution in [2.24, 2.45) is 0 Å². The fraction of sp³-hybridized carbons (Fsp3) is 0.417. The molecule has 3 heterocycles. The lowest BCUT2D eigenvalue weighted by atomic mass is 9.86. The summed E-state index contributed by atoms with van der Waals surface area (Å²) >= 11 is 5.61. The van der Waals surface area contributed by atoms with Gasteiger partial charge in [-0.05, 0) is 79.3 Å². The second kappa shape index (κ2) is 15.4. The third-order valence-electron chi connectivity index (χ3n) is 8.95. The van der Waals surface area contributed by atoms with Crippen LogP contribution in [-0.2, 0) is 33.9 Å². The van der Waals surface area contributed by atoms with Gasteiger partial charge in [0.1, 0.15) is 0 Å². The van der Waals surface area contributed by atoms with E-state index >= 15 is 0 Å². The highest BCUT2D eigenvalue weighted by Crippen LogP contribution is 2.31. The zero-order valence-electron chi connectivity index (χ0n) is 25.6. The lowest BCUT2D eigenvalue weighted by molar-refractivity contribution is -0.134. The summed E-state index contributed by atoms with van der Waals surface area (Å²) in [5.41, 5.74) is 6.19. The molecule has 2 saturated heterocycles. The van der Waals surface area contributed by atoms with Crippen LogP contribution in [-0.4, -0.2) is 59.7 Å². The molecule has 1 atom stereocenters. The number of carbonyl (C=O) groups is 3. The number of halogens is 1. The summed E-state index contributed by atoms with van der Waals surface area (Å²) in [5.74, 6) is 0.497. The first-order valence-corrected chi connectivity index (χ1v) is 16.2. The Labute approximate surface area is 266 Å². The first-order valence-electron chi connectivity index (χ1n) is 15.8. The number of nitrogens with one attached hydrogen (secondary N) is 2. The van der Waals surface area contributed by atoms with E-state index in [1.54, 1.807) is 0 Å². The van der Waals surface area contributed by atoms with Crippen LogP contribution in [0.4, 0.5) is 0 Å². The molecule has 0 bridgehead atoms. The van der Waals surface area contributed by atoms with Crippen LogP contribution in [0.3, 0.4) is 0 Å². The topological polar surface area (TPSA) is 81.8 Å². The van der Waals surface area contributed by atoms with Crippen LogP contribution >= 0.6 is 11.6 Å². The van der Waals surface area contributed by atoms with Crippen molar-refractivity contribution in [1.29, 1.82) is 0 Å². The van der Waals surface area contributed by atoms with Crippen LogP contribution in [0.15, 0.2) is 72.8 Å². The van der Waals surface area contributed by atoms with Crippen LogP contribution in [0.2, 0.25) is 5.02 Å². The highest BCUT2D eigenvalue weighted by Gasteiger charge is 2.28. The number of amides is 3. The average molecular weight is 615 g/mol. The van der Waals surface area contributed by atoms with Gasteiger partial charge in [0.05, 0.1) is 12.6 Å². The lowest BCUT2D eigenvalue weighted by Crippen LogP contribution is -2.50. The molecule has 0 aliphatic carbocycles. The standard InChI is InChI=1S/C29H36N4O3.C7H7Cl/c34-27-11-5-6-14-33(27)20-24-9-3-4-10-25(24)21-12-15-32(16-13-21)28(35)19-31-29(36)26-17-22-7-1-2-8-23(22)18-30-26;1-6-2-4-7(8)5-3-6/h1-4,7-10,21,26,30H,5-6,11-20H2,(H,31,36);2-5H,1H3. The zero-order valence-corrected chi connectivity index (χ0v) is 26.3. The van der Waals surface area contributed by atoms with Crippen LogP contribution in [0, 0.1) is 6.92 Å². The second-order valence-electron chi connectivity index (χ2n) is 12.0. The normalized spacial score (nSPS) is 18.6. The number of likely N-dealkylation sites (tertiary alicyclic amines) is 2. The Morgan fingerprint density at radius 1 is 0.909 bits per heavy atom. The molecule has 0 saturated carbocycles. The Morgan fingerprint density at radius 3 is 2.34 bits per heavy atom. The van der Waals surface area contributed by atoms with E-state index < -0.39 is 0 Å². The van der Waals surface area contributed by atoms with Gasteiger partial charge in [0, 0.05) is 44.2 Å². The van der Waals surface area contributed by atoms with Crippen molar-refractivity contribution in [3.8, 4) is 0 Å². The third-order valence-corrected chi connectivity index (χ3v) is 9.20. The number of carbonyl (C=O) groups excluding carboxylic acids is 3. The predicted octanol–water partition coefficient (Wildman–Crippen LogP) is 5.38. The molecule has 232 valence electrons. The van der Waals surface area contributed by atoms with E-state index in [4.69, 9.17) is 11.6 Å². The van der Waals surface area contributed by atoms with Gasteiger partial charge in [0.25, 0.3) is 0 Å². The van der Waals surface area contributed by atoms with Gasteiger partial charge in [-0.25, -0.2) is 0 Å². The minimum atomic E-state index is -0.304. The molecule has 3 aliphatic rings. The van der Waals surface area contributed by atoms with Crippen LogP contribution in [0.25, 0.3) is 0 Å². The molecule has 2 N–H and O–H groups in total. The Morgan fingerprint density at radius 2 is 1.61 bits per heavy atom. The summed E-state index contributed by atoms with van der Waals surface area (Å²) in [6, 6.07) is 24.0. The number of fused-ring (bicyclic) bond motifs is 1. The van der Waals surface area contributed by atoms with E-state index in [9.17, 15) is 14.4 Å². The fourth-order valence-corrected chi connectivity index (χ4v) is 6.45. The summed E-state index contributed by atoms with van der Waals surface area (Å²) in [6.07, 6.45) is 5.16. The van der Waals surface area contributed by atoms with E-state index in [-0.39, 0.29) is 30.3 Å². The molecule has 7 nitrogen and oxygen atoms in total. The molecule has 44 heavy (non-hydrogen) atoms. The minimum absolute atomic E-state index is 0.0230. The maximum atomic E-state index is 12.8. The maximum Gasteiger partial charge on any atom is 0.241 e. The molecule has 8 heteroatoms. The number of benzene rings is 3. The van der Waals surface area contributed by atoms with Crippen molar-refractivity contribution < 1.29 is 14.4 Å². The van der Waals surface area contributed by atoms with Gasteiger partial charge in [-0.2, -0.15) is 0 Å². The highest BCUT2D eigenvalue weighted by atomic mass is 35.5. The minimum Gasteiger partial charge on any atom is -0.346 e. The van der Waals surface area contributed by atoms with E-state index in [1.807, 2.05) is 59.2 Å². The molecule has 0 radical (unpaired) electrons. The Balaban J connectivity index is 0.000000418. The monoisotopic (exact) mass is 614 g/mol. The maximum absolute atomic E-state index is 12.8. The van der Waals surface area contributed by atoms with Gasteiger partial charge < -0.3 is 20.4 Å². The molecule has 3 aliphatic heterocycles. The number of nitrogens with zero attached hydrogens (tertiary/aromatic N) is 2. The van der Waals surface area contributed by atoms with E-state index in [0.29, 0.717) is 44.9 Å². The number of hydrogen-bond acceptors (Lipinski definition) is 4. The van der Waals surface area contributed by atoms with Gasteiger partial charge in [-0.3, -0.25) is 14.4 Å². The first-order chi connectivity index (χ1) is 21.4. The van der Waals surface area contributed by atoms with Gasteiger partial charge >= 0.3 is 0 Å². The Bertz CT molecular complexity index is 1410. The van der Waals surface area contributed by atoms with Crippen molar-refractivity contribution in [3.63, 3.8) is 0 Å². The molecule has 3 amide bonds. The fourth-order valence-electron chi connectivity index (χ4n) is 6.32. The molecule has 6 rings (SSSR count). The van der Waals surface area contributed by atoms with Gasteiger partial charge in [-0.15, -0.1) is 0 Å². The Hall–Kier alpha value is -3.68. The van der Waals surface area contributed by atoms with Crippen molar-refractivity contribution in [3.05, 3.63) is 106 Å². The SMILES string of the molecule is Cc1ccc(Cl)cc1.O=C(NCC(=O)N1CCC(c2ccccc2CN2CCCCC2=O)CC1)C1Cc2ccccc2CN1. The van der Waals surface area contributed by atoms with Gasteiger partial charge in [0.15, 0.2) is 0 Å². The molecule has 3 aromatic rings. The van der Waals surface area contributed by atoms with Gasteiger partial charge in [-0.1, -0.05) is 77.8 Å². The molecule has 2 fully saturated rings. The summed E-state index contributed by atoms with van der Waals surface area (Å²) in [5, 5.41) is 6.93. The predicted molar refractivity (Wildman–Crippen MR) is 174 cm³/mol. The van der Waals surface area contributed by atoms with E-state index in [1.165, 1.54) is 27.8 Å². The largest absolute Gasteiger partial charge is 0.346 e. The van der Waals surface area contributed by atoms with E-state index in [2.05, 4.69) is 41.0 Å². The number of aryl methyl sites for hydroxylation is 1. The first kappa shape index (κ1) is 31.7. The van der Waals surface area contributed by atoms with Crippen LogP contribution in [0.1, 0.15) is 65.8 Å². The third kappa shape index (κ3) is 8.48. The van der Waals surface area contributed by atoms with E-state index in [0.717, 1.165) is 37.3 Å². The highest BCUT2D eigenvalue weighted by molar-refractivity contribution is 6.30. The van der Waals surface area contributed by atoms with Crippen LogP contribution in [0.5, 0.6) is 0 Å². The Kier molecular flexibility index (Phi) is 11.1. The molecule has 3 aromatic carbocycles. The number of rotatable bonds is 6. The second-order valence-corrected chi connectivity index (χ2v) is 12.5. The molecule has 1 unspecified atom stereocenters. The molecule has 0 aromatic heterocycles.